The second-order valence-corrected chi connectivity index (χ2v) is 10.9. The van der Waals surface area contributed by atoms with E-state index in [2.05, 4.69) is 20.4 Å². The number of alkyl halides is 6. The number of carbonyl (C=O) groups excluding carboxylic acids is 1. The molecule has 2 aromatic carbocycles. The predicted molar refractivity (Wildman–Crippen MR) is 138 cm³/mol. The van der Waals surface area contributed by atoms with Crippen molar-refractivity contribution in [1.82, 2.24) is 10.3 Å². The van der Waals surface area contributed by atoms with Crippen molar-refractivity contribution in [2.75, 3.05) is 16.7 Å². The van der Waals surface area contributed by atoms with Crippen LogP contribution < -0.4 is 19.7 Å². The van der Waals surface area contributed by atoms with E-state index in [9.17, 15) is 39.6 Å². The van der Waals surface area contributed by atoms with Gasteiger partial charge in [0.25, 0.3) is 15.9 Å². The Labute approximate surface area is 230 Å². The molecule has 0 saturated heterocycles. The number of anilines is 3. The number of pyridine rings is 1. The molecule has 15 heteroatoms. The Kier molecular flexibility index (Phi) is 7.69. The number of amides is 1. The molecule has 0 fully saturated rings. The van der Waals surface area contributed by atoms with E-state index in [0.717, 1.165) is 34.6 Å². The van der Waals surface area contributed by atoms with Gasteiger partial charge in [0, 0.05) is 18.2 Å². The first-order chi connectivity index (χ1) is 19.0. The van der Waals surface area contributed by atoms with Crippen molar-refractivity contribution in [2.45, 2.75) is 37.8 Å². The number of halogens is 6. The second kappa shape index (κ2) is 10.6. The number of sulfonamides is 1. The molecule has 0 unspecified atom stereocenters. The van der Waals surface area contributed by atoms with Crippen LogP contribution in [0.1, 0.15) is 30.7 Å². The number of nitrogens with one attached hydrogen (secondary N) is 2. The zero-order chi connectivity index (χ0) is 30.3. The van der Waals surface area contributed by atoms with Crippen molar-refractivity contribution in [2.24, 2.45) is 0 Å². The lowest BCUT2D eigenvalue weighted by molar-refractivity contribution is -0.274. The van der Waals surface area contributed by atoms with Crippen LogP contribution >= 0.6 is 0 Å². The molecule has 1 aliphatic rings. The van der Waals surface area contributed by atoms with Crippen molar-refractivity contribution >= 4 is 38.7 Å². The highest BCUT2D eigenvalue weighted by atomic mass is 32.2. The highest BCUT2D eigenvalue weighted by Crippen LogP contribution is 2.41. The van der Waals surface area contributed by atoms with Gasteiger partial charge in [0.05, 0.1) is 22.8 Å². The molecule has 1 aliphatic heterocycles. The largest absolute Gasteiger partial charge is 0.573 e. The fourth-order valence-electron chi connectivity index (χ4n) is 4.18. The highest BCUT2D eigenvalue weighted by Gasteiger charge is 2.36. The number of rotatable bonds is 5. The number of nitrogens with zero attached hydrogens (tertiary/aromatic N) is 2. The zero-order valence-electron chi connectivity index (χ0n) is 21.6. The molecule has 41 heavy (non-hydrogen) atoms. The van der Waals surface area contributed by atoms with Crippen molar-refractivity contribution < 1.29 is 44.3 Å². The molecule has 1 aromatic heterocycles. The van der Waals surface area contributed by atoms with E-state index in [1.807, 2.05) is 0 Å². The third-order valence-corrected chi connectivity index (χ3v) is 7.76. The van der Waals surface area contributed by atoms with E-state index < -0.39 is 51.4 Å². The quantitative estimate of drug-likeness (QED) is 0.276. The number of likely N-dealkylation sites (N-methyl/N-ethyl adjacent to an activating group) is 1. The van der Waals surface area contributed by atoms with E-state index in [4.69, 9.17) is 0 Å². The van der Waals surface area contributed by atoms with Crippen LogP contribution in [0, 0.1) is 0 Å². The van der Waals surface area contributed by atoms with Gasteiger partial charge in [-0.25, -0.2) is 13.4 Å². The predicted octanol–water partition coefficient (Wildman–Crippen LogP) is 5.99. The first-order valence-electron chi connectivity index (χ1n) is 11.8. The molecule has 2 N–H and O–H groups in total. The molecular weight excluding hydrogens is 578 g/mol. The number of benzene rings is 2. The summed E-state index contributed by atoms with van der Waals surface area (Å²) in [5.41, 5.74) is 0.0575. The van der Waals surface area contributed by atoms with Gasteiger partial charge in [0.2, 0.25) is 0 Å². The number of aromatic nitrogens is 1. The summed E-state index contributed by atoms with van der Waals surface area (Å²) in [6.45, 7) is 2.86. The van der Waals surface area contributed by atoms with Crippen LogP contribution in [-0.4, -0.2) is 32.7 Å². The minimum atomic E-state index is -4.99. The van der Waals surface area contributed by atoms with E-state index in [1.165, 1.54) is 25.2 Å². The molecule has 0 spiro atoms. The number of fused-ring (bicyclic) bond motifs is 2. The van der Waals surface area contributed by atoms with Crippen LogP contribution in [0.15, 0.2) is 65.1 Å². The summed E-state index contributed by atoms with van der Waals surface area (Å²) < 4.78 is 110. The molecule has 2 heterocycles. The second-order valence-electron chi connectivity index (χ2n) is 9.04. The smallest absolute Gasteiger partial charge is 0.406 e. The Morgan fingerprint density at radius 1 is 1.00 bits per heavy atom. The first-order valence-corrected chi connectivity index (χ1v) is 13.2. The maximum Gasteiger partial charge on any atom is 0.573 e. The third kappa shape index (κ3) is 6.24. The summed E-state index contributed by atoms with van der Waals surface area (Å²) in [5, 5.41) is 5.27. The first kappa shape index (κ1) is 29.7. The normalized spacial score (nSPS) is 13.3. The maximum absolute atomic E-state index is 13.9. The molecule has 0 bridgehead atoms. The lowest BCUT2D eigenvalue weighted by Crippen LogP contribution is -2.30. The monoisotopic (exact) mass is 600 g/mol. The minimum absolute atomic E-state index is 0.0349. The van der Waals surface area contributed by atoms with Crippen LogP contribution in [0.25, 0.3) is 5.57 Å². The third-order valence-electron chi connectivity index (χ3n) is 5.99. The average Bonchev–Trinajstić information content (AvgIpc) is 3.03. The van der Waals surface area contributed by atoms with Gasteiger partial charge in [-0.15, -0.1) is 13.2 Å². The standard InChI is InChI=1S/C26H22F6N4O4S/c1-14(2)22(24(37)33-3)15-4-10-19-20(12-15)36(13-16-5-11-21(25(27,28)29)35-23(16)34-19)41(38,39)18-8-6-17(7-9-18)40-26(30,31)32/h4-12H,13H2,1-3H3,(H,33,37)(H,34,35). The summed E-state index contributed by atoms with van der Waals surface area (Å²) in [4.78, 5) is 15.8. The van der Waals surface area contributed by atoms with E-state index >= 15 is 0 Å². The van der Waals surface area contributed by atoms with Crippen LogP contribution in [0.3, 0.4) is 0 Å². The molecule has 0 atom stereocenters. The fourth-order valence-corrected chi connectivity index (χ4v) is 5.63. The Morgan fingerprint density at radius 3 is 2.22 bits per heavy atom. The van der Waals surface area contributed by atoms with Crippen molar-refractivity contribution in [3.8, 4) is 5.75 Å². The average molecular weight is 601 g/mol. The number of hydrogen-bond acceptors (Lipinski definition) is 6. The number of carbonyl (C=O) groups is 1. The lowest BCUT2D eigenvalue weighted by Gasteiger charge is -2.25. The molecule has 8 nitrogen and oxygen atoms in total. The highest BCUT2D eigenvalue weighted by molar-refractivity contribution is 7.92. The summed E-state index contributed by atoms with van der Waals surface area (Å²) in [6.07, 6.45) is -9.76. The fraction of sp³-hybridized carbons (Fsp3) is 0.231. The van der Waals surface area contributed by atoms with Gasteiger partial charge in [0.1, 0.15) is 17.3 Å². The van der Waals surface area contributed by atoms with Gasteiger partial charge >= 0.3 is 12.5 Å². The van der Waals surface area contributed by atoms with Gasteiger partial charge in [-0.3, -0.25) is 9.10 Å². The summed E-state index contributed by atoms with van der Waals surface area (Å²) >= 11 is 0. The molecule has 4 rings (SSSR count). The van der Waals surface area contributed by atoms with Crippen molar-refractivity contribution in [3.05, 3.63) is 77.0 Å². The Bertz CT molecular complexity index is 1630. The Balaban J connectivity index is 1.90. The molecule has 0 saturated carbocycles. The number of ether oxygens (including phenoxy) is 1. The van der Waals surface area contributed by atoms with Gasteiger partial charge in [0.15, 0.2) is 0 Å². The number of allylic oxidation sites excluding steroid dienone is 1. The minimum Gasteiger partial charge on any atom is -0.406 e. The van der Waals surface area contributed by atoms with Gasteiger partial charge in [-0.1, -0.05) is 17.7 Å². The molecule has 3 aromatic rings. The van der Waals surface area contributed by atoms with Crippen LogP contribution in [-0.2, 0) is 27.5 Å². The van der Waals surface area contributed by atoms with E-state index in [-0.39, 0.29) is 28.3 Å². The summed E-state index contributed by atoms with van der Waals surface area (Å²) in [6, 6.07) is 9.55. The van der Waals surface area contributed by atoms with Gasteiger partial charge < -0.3 is 15.4 Å². The molecule has 0 radical (unpaired) electrons. The topological polar surface area (TPSA) is 101 Å². The lowest BCUT2D eigenvalue weighted by atomic mass is 9.99. The van der Waals surface area contributed by atoms with E-state index in [0.29, 0.717) is 17.2 Å². The Hall–Kier alpha value is -4.27. The maximum atomic E-state index is 13.9. The molecule has 1 amide bonds. The van der Waals surface area contributed by atoms with Gasteiger partial charge in [-0.2, -0.15) is 13.2 Å². The number of hydrogen-bond donors (Lipinski definition) is 2. The van der Waals surface area contributed by atoms with Crippen LogP contribution in [0.5, 0.6) is 5.75 Å². The summed E-state index contributed by atoms with van der Waals surface area (Å²) in [7, 11) is -3.12. The zero-order valence-corrected chi connectivity index (χ0v) is 22.4. The van der Waals surface area contributed by atoms with Crippen LogP contribution in [0.4, 0.5) is 43.5 Å². The molecular formula is C26H22F6N4O4S. The molecule has 218 valence electrons. The van der Waals surface area contributed by atoms with Crippen LogP contribution in [0.2, 0.25) is 0 Å². The van der Waals surface area contributed by atoms with Crippen molar-refractivity contribution in [1.29, 1.82) is 0 Å². The summed E-state index contributed by atoms with van der Waals surface area (Å²) in [5.74, 6) is -1.35. The van der Waals surface area contributed by atoms with Crippen molar-refractivity contribution in [3.63, 3.8) is 0 Å². The molecule has 0 aliphatic carbocycles. The Morgan fingerprint density at radius 2 is 1.66 bits per heavy atom. The SMILES string of the molecule is CNC(=O)C(=C(C)C)c1ccc2c(c1)N(S(=O)(=O)c1ccc(OC(F)(F)F)cc1)Cc1ccc(C(F)(F)F)nc1N2. The van der Waals surface area contributed by atoms with E-state index in [1.54, 1.807) is 13.8 Å². The van der Waals surface area contributed by atoms with Gasteiger partial charge in [-0.05, 0) is 61.9 Å².